The van der Waals surface area contributed by atoms with Crippen LogP contribution in [0.2, 0.25) is 0 Å². The van der Waals surface area contributed by atoms with Crippen molar-refractivity contribution in [2.75, 3.05) is 26.3 Å². The highest BCUT2D eigenvalue weighted by Gasteiger charge is 2.51. The zero-order chi connectivity index (χ0) is 16.3. The molecule has 1 N–H and O–H groups in total. The number of nitrogens with zero attached hydrogens (tertiary/aromatic N) is 1. The molecule has 1 aliphatic heterocycles. The highest BCUT2D eigenvalue weighted by atomic mass is 16.6. The standard InChI is InChI=1S/C17H32N2O3/c1-12(2)10-13(3)22-16(20)18-14-11-15(17(14,4)5)19-6-8-21-9-7-19/h12-15H,6-11H2,1-5H3,(H,18,20). The van der Waals surface area contributed by atoms with Crippen LogP contribution in [-0.2, 0) is 9.47 Å². The topological polar surface area (TPSA) is 50.8 Å². The summed E-state index contributed by atoms with van der Waals surface area (Å²) in [6.07, 6.45) is 1.60. The molecule has 0 bridgehead atoms. The van der Waals surface area contributed by atoms with Crippen LogP contribution in [0, 0.1) is 11.3 Å². The Balaban J connectivity index is 1.78. The van der Waals surface area contributed by atoms with Crippen molar-refractivity contribution < 1.29 is 14.3 Å². The van der Waals surface area contributed by atoms with E-state index in [1.54, 1.807) is 0 Å². The quantitative estimate of drug-likeness (QED) is 0.848. The molecule has 2 rings (SSSR count). The number of ether oxygens (including phenoxy) is 2. The van der Waals surface area contributed by atoms with Gasteiger partial charge in [0.05, 0.1) is 13.2 Å². The van der Waals surface area contributed by atoms with Crippen LogP contribution in [-0.4, -0.2) is 55.5 Å². The normalized spacial score (nSPS) is 29.7. The molecule has 1 amide bonds. The summed E-state index contributed by atoms with van der Waals surface area (Å²) in [7, 11) is 0. The number of morpholine rings is 1. The van der Waals surface area contributed by atoms with Crippen molar-refractivity contribution in [1.82, 2.24) is 10.2 Å². The summed E-state index contributed by atoms with van der Waals surface area (Å²) >= 11 is 0. The molecule has 2 aliphatic rings. The van der Waals surface area contributed by atoms with Crippen molar-refractivity contribution in [3.05, 3.63) is 0 Å². The minimum Gasteiger partial charge on any atom is -0.447 e. The van der Waals surface area contributed by atoms with Crippen LogP contribution in [0.3, 0.4) is 0 Å². The van der Waals surface area contributed by atoms with Crippen molar-refractivity contribution >= 4 is 6.09 Å². The fraction of sp³-hybridized carbons (Fsp3) is 0.941. The van der Waals surface area contributed by atoms with Gasteiger partial charge >= 0.3 is 6.09 Å². The fourth-order valence-corrected chi connectivity index (χ4v) is 3.73. The Morgan fingerprint density at radius 2 is 1.95 bits per heavy atom. The first kappa shape index (κ1) is 17.5. The van der Waals surface area contributed by atoms with Crippen molar-refractivity contribution in [3.8, 4) is 0 Å². The van der Waals surface area contributed by atoms with Crippen LogP contribution in [0.25, 0.3) is 0 Å². The summed E-state index contributed by atoms with van der Waals surface area (Å²) in [5.41, 5.74) is 0.0810. The Labute approximate surface area is 134 Å². The van der Waals surface area contributed by atoms with Crippen molar-refractivity contribution in [2.24, 2.45) is 11.3 Å². The van der Waals surface area contributed by atoms with E-state index in [-0.39, 0.29) is 23.7 Å². The van der Waals surface area contributed by atoms with E-state index in [0.29, 0.717) is 12.0 Å². The number of rotatable bonds is 5. The molecule has 1 saturated heterocycles. The lowest BCUT2D eigenvalue weighted by atomic mass is 9.62. The summed E-state index contributed by atoms with van der Waals surface area (Å²) in [6, 6.07) is 0.717. The average Bonchev–Trinajstić information content (AvgIpc) is 2.43. The van der Waals surface area contributed by atoms with Gasteiger partial charge in [0.25, 0.3) is 0 Å². The molecule has 5 heteroatoms. The Morgan fingerprint density at radius 3 is 2.50 bits per heavy atom. The van der Waals surface area contributed by atoms with Gasteiger partial charge in [0.2, 0.25) is 0 Å². The highest BCUT2D eigenvalue weighted by molar-refractivity contribution is 5.68. The van der Waals surface area contributed by atoms with Crippen LogP contribution in [0.4, 0.5) is 4.79 Å². The molecule has 128 valence electrons. The fourth-order valence-electron chi connectivity index (χ4n) is 3.73. The number of alkyl carbamates (subject to hydrolysis) is 1. The maximum absolute atomic E-state index is 12.0. The van der Waals surface area contributed by atoms with Crippen molar-refractivity contribution in [1.29, 1.82) is 0 Å². The zero-order valence-electron chi connectivity index (χ0n) is 14.7. The van der Waals surface area contributed by atoms with Gasteiger partial charge in [-0.3, -0.25) is 4.90 Å². The predicted molar refractivity (Wildman–Crippen MR) is 86.9 cm³/mol. The number of hydrogen-bond acceptors (Lipinski definition) is 4. The summed E-state index contributed by atoms with van der Waals surface area (Å²) in [5.74, 6) is 0.536. The average molecular weight is 312 g/mol. The lowest BCUT2D eigenvalue weighted by Crippen LogP contribution is -2.67. The third-order valence-corrected chi connectivity index (χ3v) is 5.11. The van der Waals surface area contributed by atoms with Crippen molar-refractivity contribution in [3.63, 3.8) is 0 Å². The Kier molecular flexibility index (Phi) is 5.72. The van der Waals surface area contributed by atoms with Gasteiger partial charge in [-0.15, -0.1) is 0 Å². The van der Waals surface area contributed by atoms with Gasteiger partial charge < -0.3 is 14.8 Å². The minimum atomic E-state index is -0.272. The predicted octanol–water partition coefficient (Wildman–Crippen LogP) is 2.65. The minimum absolute atomic E-state index is 0.0294. The van der Waals surface area contributed by atoms with Gasteiger partial charge in [-0.2, -0.15) is 0 Å². The summed E-state index contributed by atoms with van der Waals surface area (Å²) in [6.45, 7) is 14.3. The third kappa shape index (κ3) is 4.13. The molecule has 0 spiro atoms. The van der Waals surface area contributed by atoms with Gasteiger partial charge in [0.15, 0.2) is 0 Å². The molecule has 0 aromatic heterocycles. The molecule has 3 atom stereocenters. The largest absolute Gasteiger partial charge is 0.447 e. The molecular formula is C17H32N2O3. The maximum Gasteiger partial charge on any atom is 0.407 e. The third-order valence-electron chi connectivity index (χ3n) is 5.11. The summed E-state index contributed by atoms with van der Waals surface area (Å²) in [4.78, 5) is 14.5. The van der Waals surface area contributed by atoms with Gasteiger partial charge in [-0.1, -0.05) is 27.7 Å². The van der Waals surface area contributed by atoms with Gasteiger partial charge in [-0.05, 0) is 25.7 Å². The Hall–Kier alpha value is -0.810. The Morgan fingerprint density at radius 1 is 1.32 bits per heavy atom. The van der Waals surface area contributed by atoms with E-state index in [2.05, 4.69) is 37.9 Å². The first-order chi connectivity index (χ1) is 10.3. The van der Waals surface area contributed by atoms with E-state index in [1.165, 1.54) is 0 Å². The van der Waals surface area contributed by atoms with E-state index in [0.717, 1.165) is 39.1 Å². The van der Waals surface area contributed by atoms with E-state index >= 15 is 0 Å². The second kappa shape index (κ2) is 7.18. The SMILES string of the molecule is CC(C)CC(C)OC(=O)NC1CC(N2CCOCC2)C1(C)C. The number of nitrogens with one attached hydrogen (secondary N) is 1. The molecule has 22 heavy (non-hydrogen) atoms. The van der Waals surface area contributed by atoms with E-state index in [1.807, 2.05) is 6.92 Å². The second-order valence-corrected chi connectivity index (χ2v) is 7.76. The van der Waals surface area contributed by atoms with E-state index in [9.17, 15) is 4.79 Å². The zero-order valence-corrected chi connectivity index (χ0v) is 14.7. The van der Waals surface area contributed by atoms with Gasteiger partial charge in [0.1, 0.15) is 6.10 Å². The van der Waals surface area contributed by atoms with Gasteiger partial charge in [0, 0.05) is 30.6 Å². The molecule has 0 radical (unpaired) electrons. The smallest absolute Gasteiger partial charge is 0.407 e. The number of amides is 1. The van der Waals surface area contributed by atoms with Crippen LogP contribution in [0.15, 0.2) is 0 Å². The molecule has 1 heterocycles. The molecule has 0 aromatic carbocycles. The lowest BCUT2D eigenvalue weighted by Gasteiger charge is -2.56. The van der Waals surface area contributed by atoms with E-state index in [4.69, 9.17) is 9.47 Å². The lowest BCUT2D eigenvalue weighted by molar-refractivity contribution is -0.0768. The molecule has 2 fully saturated rings. The van der Waals surface area contributed by atoms with Crippen LogP contribution >= 0.6 is 0 Å². The summed E-state index contributed by atoms with van der Waals surface area (Å²) < 4.78 is 10.9. The first-order valence-corrected chi connectivity index (χ1v) is 8.59. The van der Waals surface area contributed by atoms with Crippen molar-refractivity contribution in [2.45, 2.75) is 65.6 Å². The monoisotopic (exact) mass is 312 g/mol. The molecule has 0 aromatic rings. The summed E-state index contributed by atoms with van der Waals surface area (Å²) in [5, 5.41) is 3.06. The number of carbonyl (C=O) groups excluding carboxylic acids is 1. The first-order valence-electron chi connectivity index (χ1n) is 8.59. The molecule has 3 unspecified atom stereocenters. The Bertz CT molecular complexity index is 378. The number of carbonyl (C=O) groups is 1. The number of hydrogen-bond donors (Lipinski definition) is 1. The van der Waals surface area contributed by atoms with Crippen LogP contribution in [0.5, 0.6) is 0 Å². The van der Waals surface area contributed by atoms with Crippen LogP contribution in [0.1, 0.15) is 47.5 Å². The maximum atomic E-state index is 12.0. The second-order valence-electron chi connectivity index (χ2n) is 7.76. The molecule has 1 aliphatic carbocycles. The van der Waals surface area contributed by atoms with E-state index < -0.39 is 0 Å². The van der Waals surface area contributed by atoms with Gasteiger partial charge in [-0.25, -0.2) is 4.79 Å². The molecular weight excluding hydrogens is 280 g/mol. The highest BCUT2D eigenvalue weighted by Crippen LogP contribution is 2.44. The molecule has 1 saturated carbocycles. The van der Waals surface area contributed by atoms with Crippen LogP contribution < -0.4 is 5.32 Å². The molecule has 5 nitrogen and oxygen atoms in total.